The van der Waals surface area contributed by atoms with Gasteiger partial charge in [-0.1, -0.05) is 12.1 Å². The summed E-state index contributed by atoms with van der Waals surface area (Å²) in [6, 6.07) is 6.24. The van der Waals surface area contributed by atoms with Crippen molar-refractivity contribution >= 4 is 0 Å². The van der Waals surface area contributed by atoms with E-state index in [2.05, 4.69) is 27.8 Å². The molecule has 0 bridgehead atoms. The first kappa shape index (κ1) is 19.0. The SMILES string of the molecule is COc1cccc(CN2CCN(C)[C@H](CO)C2)c1OCCN(C)C. The molecule has 1 fully saturated rings. The summed E-state index contributed by atoms with van der Waals surface area (Å²) in [4.78, 5) is 6.69. The molecule has 0 unspecified atom stereocenters. The van der Waals surface area contributed by atoms with Gasteiger partial charge in [-0.05, 0) is 27.2 Å². The highest BCUT2D eigenvalue weighted by Crippen LogP contribution is 2.32. The lowest BCUT2D eigenvalue weighted by Crippen LogP contribution is -2.52. The minimum atomic E-state index is 0.192. The lowest BCUT2D eigenvalue weighted by molar-refractivity contribution is 0.0534. The molecule has 0 aliphatic carbocycles. The van der Waals surface area contributed by atoms with Crippen LogP contribution < -0.4 is 9.47 Å². The van der Waals surface area contributed by atoms with Crippen molar-refractivity contribution < 1.29 is 14.6 Å². The zero-order chi connectivity index (χ0) is 17.5. The number of piperazine rings is 1. The Balaban J connectivity index is 2.08. The smallest absolute Gasteiger partial charge is 0.165 e. The molecule has 1 saturated heterocycles. The molecule has 1 N–H and O–H groups in total. The lowest BCUT2D eigenvalue weighted by Gasteiger charge is -2.38. The summed E-state index contributed by atoms with van der Waals surface area (Å²) in [6.07, 6.45) is 0. The normalized spacial score (nSPS) is 19.7. The van der Waals surface area contributed by atoms with Gasteiger partial charge < -0.3 is 19.5 Å². The third-order valence-corrected chi connectivity index (χ3v) is 4.53. The molecular formula is C18H31N3O3. The third-order valence-electron chi connectivity index (χ3n) is 4.53. The van der Waals surface area contributed by atoms with E-state index in [1.165, 1.54) is 0 Å². The van der Waals surface area contributed by atoms with Crippen LogP contribution in [0.5, 0.6) is 11.5 Å². The summed E-state index contributed by atoms with van der Waals surface area (Å²) in [5, 5.41) is 9.53. The van der Waals surface area contributed by atoms with Crippen LogP contribution in [0.2, 0.25) is 0 Å². The van der Waals surface area contributed by atoms with Gasteiger partial charge in [0.25, 0.3) is 0 Å². The first-order chi connectivity index (χ1) is 11.5. The van der Waals surface area contributed by atoms with Crippen LogP contribution in [0.1, 0.15) is 5.56 Å². The first-order valence-corrected chi connectivity index (χ1v) is 8.52. The Morgan fingerprint density at radius 2 is 2.08 bits per heavy atom. The molecule has 1 aromatic carbocycles. The maximum atomic E-state index is 9.53. The lowest BCUT2D eigenvalue weighted by atomic mass is 10.1. The molecule has 0 amide bonds. The van der Waals surface area contributed by atoms with Crippen molar-refractivity contribution in [3.63, 3.8) is 0 Å². The van der Waals surface area contributed by atoms with Crippen LogP contribution in [-0.4, -0.2) is 93.5 Å². The molecule has 24 heavy (non-hydrogen) atoms. The van der Waals surface area contributed by atoms with Crippen molar-refractivity contribution in [2.24, 2.45) is 0 Å². The van der Waals surface area contributed by atoms with Crippen LogP contribution in [0, 0.1) is 0 Å². The predicted molar refractivity (Wildman–Crippen MR) is 95.8 cm³/mol. The quantitative estimate of drug-likeness (QED) is 0.755. The number of aliphatic hydroxyl groups is 1. The monoisotopic (exact) mass is 337 g/mol. The molecule has 0 aromatic heterocycles. The van der Waals surface area contributed by atoms with Crippen LogP contribution in [0.3, 0.4) is 0 Å². The summed E-state index contributed by atoms with van der Waals surface area (Å²) in [6.45, 7) is 5.30. The Kier molecular flexibility index (Phi) is 7.30. The van der Waals surface area contributed by atoms with E-state index >= 15 is 0 Å². The summed E-state index contributed by atoms with van der Waals surface area (Å²) in [7, 11) is 7.81. The number of benzene rings is 1. The van der Waals surface area contributed by atoms with E-state index in [4.69, 9.17) is 9.47 Å². The average Bonchev–Trinajstić information content (AvgIpc) is 2.57. The van der Waals surface area contributed by atoms with Gasteiger partial charge in [-0.3, -0.25) is 9.80 Å². The van der Waals surface area contributed by atoms with E-state index in [0.29, 0.717) is 6.61 Å². The highest BCUT2D eigenvalue weighted by Gasteiger charge is 2.24. The number of ether oxygens (including phenoxy) is 2. The molecule has 136 valence electrons. The summed E-state index contributed by atoms with van der Waals surface area (Å²) in [5.74, 6) is 1.61. The zero-order valence-electron chi connectivity index (χ0n) is 15.4. The molecule has 0 spiro atoms. The van der Waals surface area contributed by atoms with E-state index in [9.17, 15) is 5.11 Å². The highest BCUT2D eigenvalue weighted by molar-refractivity contribution is 5.46. The molecule has 2 rings (SSSR count). The molecule has 1 aromatic rings. The van der Waals surface area contributed by atoms with Crippen LogP contribution in [-0.2, 0) is 6.54 Å². The Morgan fingerprint density at radius 1 is 1.29 bits per heavy atom. The van der Waals surface area contributed by atoms with Crippen LogP contribution in [0.15, 0.2) is 18.2 Å². The molecule has 1 aliphatic heterocycles. The fraction of sp³-hybridized carbons (Fsp3) is 0.667. The fourth-order valence-electron chi connectivity index (χ4n) is 2.93. The highest BCUT2D eigenvalue weighted by atomic mass is 16.5. The van der Waals surface area contributed by atoms with Crippen molar-refractivity contribution in [2.45, 2.75) is 12.6 Å². The minimum absolute atomic E-state index is 0.192. The van der Waals surface area contributed by atoms with Crippen molar-refractivity contribution in [3.05, 3.63) is 23.8 Å². The molecule has 6 nitrogen and oxygen atoms in total. The van der Waals surface area contributed by atoms with Crippen molar-refractivity contribution in [1.29, 1.82) is 0 Å². The van der Waals surface area contributed by atoms with Crippen LogP contribution in [0.25, 0.3) is 0 Å². The number of rotatable bonds is 8. The van der Waals surface area contributed by atoms with Gasteiger partial charge in [0.1, 0.15) is 6.61 Å². The molecule has 1 aliphatic rings. The van der Waals surface area contributed by atoms with Gasteiger partial charge in [0.2, 0.25) is 0 Å². The Bertz CT molecular complexity index is 510. The van der Waals surface area contributed by atoms with E-state index in [-0.39, 0.29) is 12.6 Å². The molecule has 1 heterocycles. The topological polar surface area (TPSA) is 48.4 Å². The second-order valence-corrected chi connectivity index (χ2v) is 6.65. The van der Waals surface area contributed by atoms with Gasteiger partial charge in [0, 0.05) is 44.3 Å². The maximum absolute atomic E-state index is 9.53. The predicted octanol–water partition coefficient (Wildman–Crippen LogP) is 0.744. The van der Waals surface area contributed by atoms with Crippen molar-refractivity contribution in [1.82, 2.24) is 14.7 Å². The van der Waals surface area contributed by atoms with Crippen LogP contribution >= 0.6 is 0 Å². The van der Waals surface area contributed by atoms with Gasteiger partial charge >= 0.3 is 0 Å². The standard InChI is InChI=1S/C18H31N3O3/c1-19(2)10-11-24-18-15(6-5-7-17(18)23-4)12-21-9-8-20(3)16(13-21)14-22/h5-7,16,22H,8-14H2,1-4H3/t16-/m0/s1. The van der Waals surface area contributed by atoms with E-state index in [1.54, 1.807) is 7.11 Å². The second kappa shape index (κ2) is 9.22. The number of hydrogen-bond donors (Lipinski definition) is 1. The Labute approximate surface area is 145 Å². The number of methoxy groups -OCH3 is 1. The van der Waals surface area contributed by atoms with Crippen LogP contribution in [0.4, 0.5) is 0 Å². The van der Waals surface area contributed by atoms with Gasteiger partial charge in [-0.25, -0.2) is 0 Å². The molecule has 0 radical (unpaired) electrons. The molecule has 0 saturated carbocycles. The van der Waals surface area contributed by atoms with E-state index < -0.39 is 0 Å². The van der Waals surface area contributed by atoms with Gasteiger partial charge in [-0.2, -0.15) is 0 Å². The van der Waals surface area contributed by atoms with Gasteiger partial charge in [0.05, 0.1) is 13.7 Å². The summed E-state index contributed by atoms with van der Waals surface area (Å²) < 4.78 is 11.5. The minimum Gasteiger partial charge on any atom is -0.493 e. The number of aliphatic hydroxyl groups excluding tert-OH is 1. The van der Waals surface area contributed by atoms with Crippen molar-refractivity contribution in [3.8, 4) is 11.5 Å². The Morgan fingerprint density at radius 3 is 2.75 bits per heavy atom. The Hall–Kier alpha value is -1.34. The van der Waals surface area contributed by atoms with E-state index in [1.807, 2.05) is 26.2 Å². The molecule has 1 atom stereocenters. The van der Waals surface area contributed by atoms with Crippen molar-refractivity contribution in [2.75, 3.05) is 67.6 Å². The van der Waals surface area contributed by atoms with Gasteiger partial charge in [0.15, 0.2) is 11.5 Å². The fourth-order valence-corrected chi connectivity index (χ4v) is 2.93. The third kappa shape index (κ3) is 5.08. The summed E-state index contributed by atoms with van der Waals surface area (Å²) >= 11 is 0. The first-order valence-electron chi connectivity index (χ1n) is 8.52. The number of likely N-dealkylation sites (N-methyl/N-ethyl adjacent to an activating group) is 2. The molecular weight excluding hydrogens is 306 g/mol. The zero-order valence-corrected chi connectivity index (χ0v) is 15.4. The molecule has 6 heteroatoms. The second-order valence-electron chi connectivity index (χ2n) is 6.65. The van der Waals surface area contributed by atoms with E-state index in [0.717, 1.165) is 49.8 Å². The average molecular weight is 337 g/mol. The number of para-hydroxylation sites is 1. The summed E-state index contributed by atoms with van der Waals surface area (Å²) in [5.41, 5.74) is 1.13. The number of nitrogens with zero attached hydrogens (tertiary/aromatic N) is 3. The van der Waals surface area contributed by atoms with Gasteiger partial charge in [-0.15, -0.1) is 0 Å². The largest absolute Gasteiger partial charge is 0.493 e. The maximum Gasteiger partial charge on any atom is 0.165 e. The number of hydrogen-bond acceptors (Lipinski definition) is 6.